The molecule has 0 aliphatic rings. The average molecular weight is 264 g/mol. The van der Waals surface area contributed by atoms with Crippen molar-refractivity contribution in [2.75, 3.05) is 27.2 Å². The minimum absolute atomic E-state index is 0.0556. The zero-order valence-corrected chi connectivity index (χ0v) is 13.0. The molecule has 108 valence electrons. The number of methoxy groups -OCH3 is 1. The van der Waals surface area contributed by atoms with Crippen molar-refractivity contribution in [3.05, 3.63) is 29.3 Å². The summed E-state index contributed by atoms with van der Waals surface area (Å²) < 4.78 is 5.36. The van der Waals surface area contributed by atoms with E-state index in [-0.39, 0.29) is 5.54 Å². The fraction of sp³-hybridized carbons (Fsp3) is 0.625. The molecule has 2 N–H and O–H groups in total. The number of nitrogens with zero attached hydrogens (tertiary/aromatic N) is 1. The van der Waals surface area contributed by atoms with E-state index in [0.29, 0.717) is 6.54 Å². The lowest BCUT2D eigenvalue weighted by molar-refractivity contribution is 0.166. The summed E-state index contributed by atoms with van der Waals surface area (Å²) >= 11 is 0. The highest BCUT2D eigenvalue weighted by atomic mass is 16.5. The summed E-state index contributed by atoms with van der Waals surface area (Å²) in [6, 6.07) is 6.48. The van der Waals surface area contributed by atoms with Gasteiger partial charge in [-0.3, -0.25) is 4.90 Å². The molecule has 0 spiro atoms. The lowest BCUT2D eigenvalue weighted by atomic mass is 10.0. The average Bonchev–Trinajstić information content (AvgIpc) is 2.44. The van der Waals surface area contributed by atoms with E-state index in [1.165, 1.54) is 11.1 Å². The van der Waals surface area contributed by atoms with Crippen LogP contribution in [0.2, 0.25) is 0 Å². The molecule has 0 aromatic heterocycles. The van der Waals surface area contributed by atoms with Crippen LogP contribution < -0.4 is 10.5 Å². The van der Waals surface area contributed by atoms with E-state index in [1.54, 1.807) is 7.11 Å². The van der Waals surface area contributed by atoms with Crippen LogP contribution in [0, 0.1) is 0 Å². The van der Waals surface area contributed by atoms with E-state index in [4.69, 9.17) is 10.5 Å². The molecule has 0 aliphatic carbocycles. The highest BCUT2D eigenvalue weighted by Crippen LogP contribution is 2.21. The molecule has 0 atom stereocenters. The van der Waals surface area contributed by atoms with Crippen molar-refractivity contribution in [1.82, 2.24) is 4.90 Å². The number of hydrogen-bond donors (Lipinski definition) is 1. The van der Waals surface area contributed by atoms with Gasteiger partial charge in [-0.05, 0) is 50.9 Å². The van der Waals surface area contributed by atoms with Gasteiger partial charge >= 0.3 is 0 Å². The smallest absolute Gasteiger partial charge is 0.122 e. The number of hydrogen-bond acceptors (Lipinski definition) is 3. The Morgan fingerprint density at radius 3 is 2.53 bits per heavy atom. The molecule has 0 saturated carbocycles. The monoisotopic (exact) mass is 264 g/mol. The van der Waals surface area contributed by atoms with Gasteiger partial charge < -0.3 is 10.5 Å². The number of aryl methyl sites for hydroxylation is 1. The predicted octanol–water partition coefficient (Wildman–Crippen LogP) is 2.47. The molecular formula is C16H28N2O. The van der Waals surface area contributed by atoms with Crippen LogP contribution in [0.25, 0.3) is 0 Å². The Morgan fingerprint density at radius 1 is 1.32 bits per heavy atom. The van der Waals surface area contributed by atoms with Gasteiger partial charge in [0, 0.05) is 18.6 Å². The molecule has 0 saturated heterocycles. The predicted molar refractivity (Wildman–Crippen MR) is 81.8 cm³/mol. The maximum atomic E-state index is 5.80. The van der Waals surface area contributed by atoms with Crippen LogP contribution in [0.1, 0.15) is 31.9 Å². The molecule has 1 aromatic carbocycles. The third-order valence-electron chi connectivity index (χ3n) is 3.99. The van der Waals surface area contributed by atoms with E-state index in [2.05, 4.69) is 50.9 Å². The summed E-state index contributed by atoms with van der Waals surface area (Å²) in [7, 11) is 3.86. The van der Waals surface area contributed by atoms with Gasteiger partial charge in [0.25, 0.3) is 0 Å². The third kappa shape index (κ3) is 4.22. The molecule has 0 fully saturated rings. The largest absolute Gasteiger partial charge is 0.496 e. The van der Waals surface area contributed by atoms with Crippen molar-refractivity contribution in [2.24, 2.45) is 5.73 Å². The summed E-state index contributed by atoms with van der Waals surface area (Å²) in [4.78, 5) is 2.32. The van der Waals surface area contributed by atoms with E-state index in [9.17, 15) is 0 Å². The van der Waals surface area contributed by atoms with Crippen molar-refractivity contribution in [3.63, 3.8) is 0 Å². The van der Waals surface area contributed by atoms with E-state index in [1.807, 2.05) is 0 Å². The highest BCUT2D eigenvalue weighted by Gasteiger charge is 2.20. The number of nitrogens with two attached hydrogens (primary N) is 1. The molecule has 0 heterocycles. The first-order valence-electron chi connectivity index (χ1n) is 7.01. The molecule has 0 unspecified atom stereocenters. The second-order valence-corrected chi connectivity index (χ2v) is 5.69. The summed E-state index contributed by atoms with van der Waals surface area (Å²) in [5.74, 6) is 0.988. The van der Waals surface area contributed by atoms with Gasteiger partial charge in [-0.2, -0.15) is 0 Å². The Bertz CT molecular complexity index is 402. The van der Waals surface area contributed by atoms with Crippen LogP contribution >= 0.6 is 0 Å². The van der Waals surface area contributed by atoms with Crippen molar-refractivity contribution >= 4 is 0 Å². The van der Waals surface area contributed by atoms with Gasteiger partial charge in [-0.25, -0.2) is 0 Å². The van der Waals surface area contributed by atoms with Crippen LogP contribution in [0.15, 0.2) is 18.2 Å². The zero-order valence-electron chi connectivity index (χ0n) is 13.0. The van der Waals surface area contributed by atoms with Crippen LogP contribution in [0.5, 0.6) is 5.75 Å². The summed E-state index contributed by atoms with van der Waals surface area (Å²) in [6.07, 6.45) is 2.04. The maximum absolute atomic E-state index is 5.80. The highest BCUT2D eigenvalue weighted by molar-refractivity contribution is 5.37. The number of rotatable bonds is 7. The fourth-order valence-corrected chi connectivity index (χ4v) is 2.02. The normalized spacial score (nSPS) is 11.9. The SMILES string of the molecule is CCc1cc(CCN(C)C(C)(C)CN)ccc1OC. The topological polar surface area (TPSA) is 38.5 Å². The maximum Gasteiger partial charge on any atom is 0.122 e. The minimum Gasteiger partial charge on any atom is -0.496 e. The number of ether oxygens (including phenoxy) is 1. The van der Waals surface area contributed by atoms with E-state index in [0.717, 1.165) is 25.1 Å². The Hall–Kier alpha value is -1.06. The Morgan fingerprint density at radius 2 is 2.00 bits per heavy atom. The van der Waals surface area contributed by atoms with Gasteiger partial charge in [0.2, 0.25) is 0 Å². The third-order valence-corrected chi connectivity index (χ3v) is 3.99. The molecule has 0 amide bonds. The second kappa shape index (κ2) is 6.92. The first-order valence-corrected chi connectivity index (χ1v) is 7.01. The molecule has 0 bridgehead atoms. The van der Waals surface area contributed by atoms with Gasteiger partial charge in [-0.1, -0.05) is 19.1 Å². The first-order chi connectivity index (χ1) is 8.94. The quantitative estimate of drug-likeness (QED) is 0.822. The molecular weight excluding hydrogens is 236 g/mol. The summed E-state index contributed by atoms with van der Waals surface area (Å²) in [5, 5.41) is 0. The molecule has 3 heteroatoms. The molecule has 0 radical (unpaired) electrons. The lowest BCUT2D eigenvalue weighted by Crippen LogP contribution is -2.47. The summed E-state index contributed by atoms with van der Waals surface area (Å²) in [6.45, 7) is 8.20. The second-order valence-electron chi connectivity index (χ2n) is 5.69. The lowest BCUT2D eigenvalue weighted by Gasteiger charge is -2.34. The van der Waals surface area contributed by atoms with Crippen molar-refractivity contribution in [2.45, 2.75) is 39.2 Å². The Balaban J connectivity index is 2.68. The first kappa shape index (κ1) is 16.0. The fourth-order valence-electron chi connectivity index (χ4n) is 2.02. The van der Waals surface area contributed by atoms with Crippen LogP contribution in [0.4, 0.5) is 0 Å². The molecule has 3 nitrogen and oxygen atoms in total. The Kier molecular flexibility index (Phi) is 5.83. The van der Waals surface area contributed by atoms with E-state index < -0.39 is 0 Å². The standard InChI is InChI=1S/C16H28N2O/c1-6-14-11-13(7-8-15(14)19-5)9-10-18(4)16(2,3)12-17/h7-8,11H,6,9-10,12,17H2,1-5H3. The Labute approximate surface area is 117 Å². The molecule has 1 rings (SSSR count). The number of likely N-dealkylation sites (N-methyl/N-ethyl adjacent to an activating group) is 1. The summed E-state index contributed by atoms with van der Waals surface area (Å²) in [5.41, 5.74) is 8.49. The zero-order chi connectivity index (χ0) is 14.5. The minimum atomic E-state index is 0.0556. The molecule has 19 heavy (non-hydrogen) atoms. The van der Waals surface area contributed by atoms with Crippen LogP contribution in [-0.2, 0) is 12.8 Å². The van der Waals surface area contributed by atoms with Crippen molar-refractivity contribution in [3.8, 4) is 5.75 Å². The van der Waals surface area contributed by atoms with Crippen molar-refractivity contribution in [1.29, 1.82) is 0 Å². The molecule has 0 aliphatic heterocycles. The van der Waals surface area contributed by atoms with E-state index >= 15 is 0 Å². The van der Waals surface area contributed by atoms with Gasteiger partial charge in [0.05, 0.1) is 7.11 Å². The van der Waals surface area contributed by atoms with Gasteiger partial charge in [-0.15, -0.1) is 0 Å². The van der Waals surface area contributed by atoms with Crippen LogP contribution in [0.3, 0.4) is 0 Å². The van der Waals surface area contributed by atoms with Crippen molar-refractivity contribution < 1.29 is 4.74 Å². The van der Waals surface area contributed by atoms with Gasteiger partial charge in [0.15, 0.2) is 0 Å². The van der Waals surface area contributed by atoms with Gasteiger partial charge in [0.1, 0.15) is 5.75 Å². The van der Waals surface area contributed by atoms with Crippen LogP contribution in [-0.4, -0.2) is 37.7 Å². The number of benzene rings is 1. The molecule has 1 aromatic rings.